The van der Waals surface area contributed by atoms with Crippen LogP contribution in [-0.4, -0.2) is 4.98 Å². The fourth-order valence-electron chi connectivity index (χ4n) is 0.988. The molecule has 0 fully saturated rings. The van der Waals surface area contributed by atoms with E-state index in [1.807, 2.05) is 0 Å². The van der Waals surface area contributed by atoms with Gasteiger partial charge in [-0.05, 0) is 15.9 Å². The molecule has 2 aromatic rings. The van der Waals surface area contributed by atoms with E-state index in [1.165, 1.54) is 11.3 Å². The molecule has 0 aliphatic rings. The number of nitrogens with zero attached hydrogens (tertiary/aromatic N) is 1. The molecular formula is C7BrCl4NS. The molecule has 2 rings (SSSR count). The van der Waals surface area contributed by atoms with Crippen molar-refractivity contribution in [3.05, 3.63) is 24.0 Å². The minimum Gasteiger partial charge on any atom is -0.227 e. The summed E-state index contributed by atoms with van der Waals surface area (Å²) in [6.45, 7) is 0. The van der Waals surface area contributed by atoms with Crippen molar-refractivity contribution in [2.75, 3.05) is 0 Å². The third-order valence-electron chi connectivity index (χ3n) is 1.59. The number of benzene rings is 1. The van der Waals surface area contributed by atoms with Crippen molar-refractivity contribution in [1.29, 1.82) is 0 Å². The van der Waals surface area contributed by atoms with Gasteiger partial charge in [0.05, 0.1) is 24.8 Å². The van der Waals surface area contributed by atoms with Gasteiger partial charge >= 0.3 is 0 Å². The van der Waals surface area contributed by atoms with Crippen LogP contribution in [0.4, 0.5) is 0 Å². The van der Waals surface area contributed by atoms with E-state index in [1.54, 1.807) is 0 Å². The van der Waals surface area contributed by atoms with Gasteiger partial charge in [0.15, 0.2) is 3.92 Å². The minimum atomic E-state index is 0.239. The summed E-state index contributed by atoms with van der Waals surface area (Å²) in [7, 11) is 0. The monoisotopic (exact) mass is 349 g/mol. The van der Waals surface area contributed by atoms with E-state index in [9.17, 15) is 0 Å². The molecule has 0 spiro atoms. The Labute approximate surface area is 112 Å². The number of rotatable bonds is 0. The molecule has 1 nitrogen and oxygen atoms in total. The van der Waals surface area contributed by atoms with E-state index in [-0.39, 0.29) is 10.0 Å². The van der Waals surface area contributed by atoms with Crippen LogP contribution in [0.3, 0.4) is 0 Å². The van der Waals surface area contributed by atoms with E-state index >= 15 is 0 Å². The molecule has 0 N–H and O–H groups in total. The highest BCUT2D eigenvalue weighted by Crippen LogP contribution is 2.45. The van der Waals surface area contributed by atoms with Gasteiger partial charge in [0.1, 0.15) is 5.52 Å². The summed E-state index contributed by atoms with van der Waals surface area (Å²) in [6.07, 6.45) is 0. The second-order valence-electron chi connectivity index (χ2n) is 2.40. The SMILES string of the molecule is Clc1c(Cl)c(Cl)c2sc(Br)nc2c1Cl. The molecule has 0 aliphatic carbocycles. The Morgan fingerprint density at radius 2 is 1.50 bits per heavy atom. The number of aromatic nitrogens is 1. The van der Waals surface area contributed by atoms with Crippen molar-refractivity contribution < 1.29 is 0 Å². The van der Waals surface area contributed by atoms with Gasteiger partial charge in [-0.2, -0.15) is 0 Å². The fourth-order valence-corrected chi connectivity index (χ4v) is 3.50. The number of hydrogen-bond donors (Lipinski definition) is 0. The quantitative estimate of drug-likeness (QED) is 0.440. The maximum absolute atomic E-state index is 5.99. The molecule has 7 heteroatoms. The molecule has 0 radical (unpaired) electrons. The Morgan fingerprint density at radius 3 is 2.14 bits per heavy atom. The zero-order chi connectivity index (χ0) is 10.5. The first-order valence-electron chi connectivity index (χ1n) is 3.30. The van der Waals surface area contributed by atoms with Crippen LogP contribution in [0.15, 0.2) is 3.92 Å². The van der Waals surface area contributed by atoms with Crippen molar-refractivity contribution in [3.63, 3.8) is 0 Å². The normalized spacial score (nSPS) is 11.2. The first kappa shape index (κ1) is 11.2. The van der Waals surface area contributed by atoms with Gasteiger partial charge in [0, 0.05) is 0 Å². The lowest BCUT2D eigenvalue weighted by molar-refractivity contribution is 1.45. The van der Waals surface area contributed by atoms with E-state index in [4.69, 9.17) is 46.4 Å². The van der Waals surface area contributed by atoms with Gasteiger partial charge in [0.25, 0.3) is 0 Å². The van der Waals surface area contributed by atoms with Crippen LogP contribution in [0.2, 0.25) is 20.1 Å². The van der Waals surface area contributed by atoms with Gasteiger partial charge in [0.2, 0.25) is 0 Å². The predicted octanol–water partition coefficient (Wildman–Crippen LogP) is 5.67. The average Bonchev–Trinajstić information content (AvgIpc) is 2.54. The molecule has 1 aromatic carbocycles. The van der Waals surface area contributed by atoms with Crippen LogP contribution in [0.25, 0.3) is 10.2 Å². The van der Waals surface area contributed by atoms with Crippen LogP contribution in [0.1, 0.15) is 0 Å². The van der Waals surface area contributed by atoms with Crippen molar-refractivity contribution in [3.8, 4) is 0 Å². The van der Waals surface area contributed by atoms with Crippen LogP contribution < -0.4 is 0 Å². The second kappa shape index (κ2) is 3.96. The summed E-state index contributed by atoms with van der Waals surface area (Å²) in [6, 6.07) is 0. The predicted molar refractivity (Wildman–Crippen MR) is 67.4 cm³/mol. The third kappa shape index (κ3) is 1.64. The number of halogens is 5. The molecule has 0 atom stereocenters. The van der Waals surface area contributed by atoms with E-state index in [2.05, 4.69) is 20.9 Å². The fraction of sp³-hybridized carbons (Fsp3) is 0. The van der Waals surface area contributed by atoms with Crippen LogP contribution in [0.5, 0.6) is 0 Å². The standard InChI is InChI=1S/C7BrCl4NS/c8-7-13-5-3(11)1(9)2(10)4(12)6(5)14-7. The van der Waals surface area contributed by atoms with Crippen LogP contribution in [-0.2, 0) is 0 Å². The summed E-state index contributed by atoms with van der Waals surface area (Å²) in [5.41, 5.74) is 0.572. The van der Waals surface area contributed by atoms with Gasteiger partial charge in [-0.1, -0.05) is 46.4 Å². The minimum absolute atomic E-state index is 0.239. The van der Waals surface area contributed by atoms with Crippen LogP contribution >= 0.6 is 73.7 Å². The summed E-state index contributed by atoms with van der Waals surface area (Å²) < 4.78 is 1.42. The molecule has 0 bridgehead atoms. The highest BCUT2D eigenvalue weighted by Gasteiger charge is 2.18. The molecule has 0 saturated heterocycles. The summed E-state index contributed by atoms with van der Waals surface area (Å²) in [4.78, 5) is 4.15. The lowest BCUT2D eigenvalue weighted by atomic mass is 10.3. The smallest absolute Gasteiger partial charge is 0.160 e. The maximum atomic E-state index is 5.99. The Kier molecular flexibility index (Phi) is 3.18. The summed E-state index contributed by atoms with van der Waals surface area (Å²) >= 11 is 28.3. The lowest BCUT2D eigenvalue weighted by Gasteiger charge is -2.02. The topological polar surface area (TPSA) is 12.9 Å². The number of fused-ring (bicyclic) bond motifs is 1. The van der Waals surface area contributed by atoms with Crippen molar-refractivity contribution >= 4 is 83.9 Å². The van der Waals surface area contributed by atoms with Crippen molar-refractivity contribution in [1.82, 2.24) is 4.98 Å². The summed E-state index contributed by atoms with van der Waals surface area (Å²) in [5, 5.41) is 1.22. The lowest BCUT2D eigenvalue weighted by Crippen LogP contribution is -1.78. The molecule has 74 valence electrons. The first-order valence-corrected chi connectivity index (χ1v) is 6.42. The van der Waals surface area contributed by atoms with E-state index < -0.39 is 0 Å². The van der Waals surface area contributed by atoms with Gasteiger partial charge in [-0.25, -0.2) is 4.98 Å². The van der Waals surface area contributed by atoms with Crippen molar-refractivity contribution in [2.45, 2.75) is 0 Å². The molecule has 14 heavy (non-hydrogen) atoms. The number of thiazole rings is 1. The van der Waals surface area contributed by atoms with Crippen molar-refractivity contribution in [2.24, 2.45) is 0 Å². The first-order chi connectivity index (χ1) is 6.52. The number of hydrogen-bond acceptors (Lipinski definition) is 2. The Hall–Kier alpha value is 0.750. The Bertz CT molecular complexity index is 479. The van der Waals surface area contributed by atoms with Gasteiger partial charge in [-0.3, -0.25) is 0 Å². The highest BCUT2D eigenvalue weighted by atomic mass is 79.9. The highest BCUT2D eigenvalue weighted by molar-refractivity contribution is 9.11. The molecule has 0 saturated carbocycles. The Morgan fingerprint density at radius 1 is 0.929 bits per heavy atom. The van der Waals surface area contributed by atoms with E-state index in [0.717, 1.165) is 4.70 Å². The molecule has 0 amide bonds. The molecule has 0 unspecified atom stereocenters. The second-order valence-corrected chi connectivity index (χ2v) is 6.19. The van der Waals surface area contributed by atoms with E-state index in [0.29, 0.717) is 19.5 Å². The molecule has 1 aromatic heterocycles. The zero-order valence-electron chi connectivity index (χ0n) is 6.25. The average molecular weight is 352 g/mol. The Balaban J connectivity index is 3.01. The van der Waals surface area contributed by atoms with Crippen LogP contribution in [0, 0.1) is 0 Å². The van der Waals surface area contributed by atoms with Gasteiger partial charge < -0.3 is 0 Å². The maximum Gasteiger partial charge on any atom is 0.160 e. The molecule has 0 aliphatic heterocycles. The zero-order valence-corrected chi connectivity index (χ0v) is 11.7. The third-order valence-corrected chi connectivity index (χ3v) is 5.01. The largest absolute Gasteiger partial charge is 0.227 e. The molecule has 1 heterocycles. The van der Waals surface area contributed by atoms with Gasteiger partial charge in [-0.15, -0.1) is 11.3 Å². The molecular weight excluding hydrogens is 352 g/mol. The summed E-state index contributed by atoms with van der Waals surface area (Å²) in [5.74, 6) is 0.